The van der Waals surface area contributed by atoms with Crippen molar-refractivity contribution >= 4 is 11.9 Å². The molecular weight excluding hydrogens is 289 g/mol. The molecule has 0 fully saturated rings. The Morgan fingerprint density at radius 3 is 2.55 bits per heavy atom. The molecule has 1 aromatic rings. The predicted molar refractivity (Wildman–Crippen MR) is 78.0 cm³/mol. The van der Waals surface area contributed by atoms with Crippen molar-refractivity contribution in [2.75, 3.05) is 6.54 Å². The zero-order chi connectivity index (χ0) is 16.1. The quantitative estimate of drug-likeness (QED) is 0.845. The molecule has 22 heavy (non-hydrogen) atoms. The van der Waals surface area contributed by atoms with Crippen molar-refractivity contribution in [2.45, 2.75) is 32.3 Å². The summed E-state index contributed by atoms with van der Waals surface area (Å²) < 4.78 is 18.1. The number of halogens is 1. The first-order valence-electron chi connectivity index (χ1n) is 7.09. The number of nitrogens with one attached hydrogen (secondary N) is 1. The Bertz CT molecular complexity index is 595. The fourth-order valence-electron chi connectivity index (χ4n) is 2.35. The Hall–Kier alpha value is -2.37. The minimum absolute atomic E-state index is 0.150. The molecular formula is C16H18FNO4. The average molecular weight is 307 g/mol. The highest BCUT2D eigenvalue weighted by Crippen LogP contribution is 2.25. The second-order valence-corrected chi connectivity index (χ2v) is 5.22. The molecule has 0 heterocycles. The molecule has 1 aliphatic carbocycles. The van der Waals surface area contributed by atoms with E-state index in [-0.39, 0.29) is 18.2 Å². The van der Waals surface area contributed by atoms with E-state index in [1.165, 1.54) is 24.3 Å². The maximum atomic E-state index is 12.8. The molecule has 1 aromatic carbocycles. The lowest BCUT2D eigenvalue weighted by Crippen LogP contribution is -2.40. The topological polar surface area (TPSA) is 75.6 Å². The van der Waals surface area contributed by atoms with Crippen LogP contribution in [0.25, 0.3) is 0 Å². The van der Waals surface area contributed by atoms with Crippen molar-refractivity contribution in [2.24, 2.45) is 0 Å². The summed E-state index contributed by atoms with van der Waals surface area (Å²) in [6, 6.07) is 5.05. The van der Waals surface area contributed by atoms with E-state index in [1.54, 1.807) is 0 Å². The van der Waals surface area contributed by atoms with Crippen molar-refractivity contribution in [1.82, 2.24) is 5.32 Å². The number of carboxylic acid groups (broad SMARTS) is 1. The van der Waals surface area contributed by atoms with Crippen LogP contribution in [0.2, 0.25) is 0 Å². The molecule has 2 rings (SSSR count). The molecule has 1 aliphatic rings. The molecule has 0 bridgehead atoms. The van der Waals surface area contributed by atoms with Crippen molar-refractivity contribution in [3.05, 3.63) is 41.2 Å². The number of allylic oxidation sites excluding steroid dienone is 1. The molecule has 0 spiro atoms. The van der Waals surface area contributed by atoms with Crippen LogP contribution >= 0.6 is 0 Å². The number of aliphatic carboxylic acids is 1. The zero-order valence-electron chi connectivity index (χ0n) is 12.3. The summed E-state index contributed by atoms with van der Waals surface area (Å²) in [5, 5.41) is 11.7. The highest BCUT2D eigenvalue weighted by molar-refractivity contribution is 5.94. The third-order valence-corrected chi connectivity index (χ3v) is 3.58. The fraction of sp³-hybridized carbons (Fsp3) is 0.375. The standard InChI is InChI=1S/C16H18FNO4/c1-10-3-2-4-13(10)15(19)18-9-14(16(20)21)22-12-7-5-11(17)6-8-12/h5-8,14H,2-4,9H2,1H3,(H,18,19)(H,20,21). The summed E-state index contributed by atoms with van der Waals surface area (Å²) in [6.45, 7) is 1.76. The lowest BCUT2D eigenvalue weighted by Gasteiger charge is -2.16. The van der Waals surface area contributed by atoms with Crippen LogP contribution in [0.3, 0.4) is 0 Å². The van der Waals surface area contributed by atoms with Crippen molar-refractivity contribution < 1.29 is 23.8 Å². The highest BCUT2D eigenvalue weighted by Gasteiger charge is 2.23. The van der Waals surface area contributed by atoms with E-state index in [1.807, 2.05) is 6.92 Å². The van der Waals surface area contributed by atoms with Gasteiger partial charge in [0.15, 0.2) is 0 Å². The first-order valence-corrected chi connectivity index (χ1v) is 7.09. The Kier molecular flexibility index (Phi) is 5.14. The lowest BCUT2D eigenvalue weighted by molar-refractivity contribution is -0.144. The number of carboxylic acids is 1. The van der Waals surface area contributed by atoms with Crippen molar-refractivity contribution in [3.63, 3.8) is 0 Å². The third-order valence-electron chi connectivity index (χ3n) is 3.58. The molecule has 0 saturated carbocycles. The Labute approximate surface area is 127 Å². The van der Waals surface area contributed by atoms with Crippen LogP contribution in [0.4, 0.5) is 4.39 Å². The number of hydrogen-bond acceptors (Lipinski definition) is 3. The summed E-state index contributed by atoms with van der Waals surface area (Å²) in [7, 11) is 0. The minimum atomic E-state index is -1.23. The van der Waals surface area contributed by atoms with Crippen molar-refractivity contribution in [1.29, 1.82) is 0 Å². The van der Waals surface area contributed by atoms with Gasteiger partial charge in [0.25, 0.3) is 0 Å². The van der Waals surface area contributed by atoms with E-state index >= 15 is 0 Å². The molecule has 0 aromatic heterocycles. The van der Waals surface area contributed by atoms with Gasteiger partial charge >= 0.3 is 5.97 Å². The second kappa shape index (κ2) is 7.06. The van der Waals surface area contributed by atoms with Crippen LogP contribution in [-0.4, -0.2) is 29.6 Å². The van der Waals surface area contributed by atoms with Gasteiger partial charge in [-0.2, -0.15) is 0 Å². The third kappa shape index (κ3) is 4.07. The molecule has 0 saturated heterocycles. The van der Waals surface area contributed by atoms with E-state index in [0.29, 0.717) is 6.42 Å². The molecule has 0 radical (unpaired) electrons. The van der Waals surface area contributed by atoms with Crippen LogP contribution < -0.4 is 10.1 Å². The van der Waals surface area contributed by atoms with Gasteiger partial charge in [0.2, 0.25) is 12.0 Å². The smallest absolute Gasteiger partial charge is 0.346 e. The van der Waals surface area contributed by atoms with Crippen LogP contribution in [0.5, 0.6) is 5.75 Å². The summed E-state index contributed by atoms with van der Waals surface area (Å²) in [6.07, 6.45) is 1.34. The number of benzene rings is 1. The van der Waals surface area contributed by atoms with Crippen LogP contribution in [0.15, 0.2) is 35.4 Å². The molecule has 6 heteroatoms. The van der Waals surface area contributed by atoms with Gasteiger partial charge in [-0.15, -0.1) is 0 Å². The first kappa shape index (κ1) is 16.0. The van der Waals surface area contributed by atoms with Crippen LogP contribution in [-0.2, 0) is 9.59 Å². The van der Waals surface area contributed by atoms with Gasteiger partial charge in [0, 0.05) is 5.57 Å². The lowest BCUT2D eigenvalue weighted by atomic mass is 10.1. The SMILES string of the molecule is CC1=C(C(=O)NCC(Oc2ccc(F)cc2)C(=O)O)CCC1. The molecule has 0 aliphatic heterocycles. The number of rotatable bonds is 6. The summed E-state index contributed by atoms with van der Waals surface area (Å²) >= 11 is 0. The molecule has 118 valence electrons. The van der Waals surface area contributed by atoms with Gasteiger partial charge in [-0.1, -0.05) is 5.57 Å². The maximum Gasteiger partial charge on any atom is 0.346 e. The highest BCUT2D eigenvalue weighted by atomic mass is 19.1. The maximum absolute atomic E-state index is 12.8. The summed E-state index contributed by atoms with van der Waals surface area (Å²) in [5.74, 6) is -1.64. The molecule has 1 atom stereocenters. The van der Waals surface area contributed by atoms with E-state index < -0.39 is 17.9 Å². The Morgan fingerprint density at radius 2 is 2.00 bits per heavy atom. The van der Waals surface area contributed by atoms with Crippen LogP contribution in [0.1, 0.15) is 26.2 Å². The minimum Gasteiger partial charge on any atom is -0.478 e. The molecule has 2 N–H and O–H groups in total. The van der Waals surface area contributed by atoms with E-state index in [2.05, 4.69) is 5.32 Å². The average Bonchev–Trinajstić information content (AvgIpc) is 2.91. The summed E-state index contributed by atoms with van der Waals surface area (Å²) in [5.41, 5.74) is 1.77. The van der Waals surface area contributed by atoms with Crippen LogP contribution in [0, 0.1) is 5.82 Å². The van der Waals surface area contributed by atoms with Gasteiger partial charge in [-0.3, -0.25) is 4.79 Å². The largest absolute Gasteiger partial charge is 0.478 e. The molecule has 1 unspecified atom stereocenters. The monoisotopic (exact) mass is 307 g/mol. The number of ether oxygens (including phenoxy) is 1. The first-order chi connectivity index (χ1) is 10.5. The van der Waals surface area contributed by atoms with E-state index in [4.69, 9.17) is 9.84 Å². The zero-order valence-corrected chi connectivity index (χ0v) is 12.3. The second-order valence-electron chi connectivity index (χ2n) is 5.22. The van der Waals surface area contributed by atoms with Gasteiger partial charge in [0.05, 0.1) is 6.54 Å². The normalized spacial score (nSPS) is 15.5. The van der Waals surface area contributed by atoms with E-state index in [9.17, 15) is 14.0 Å². The number of amides is 1. The molecule has 1 amide bonds. The number of hydrogen-bond donors (Lipinski definition) is 2. The Balaban J connectivity index is 1.94. The fourth-order valence-corrected chi connectivity index (χ4v) is 2.35. The number of carbonyl (C=O) groups is 2. The van der Waals surface area contributed by atoms with Gasteiger partial charge in [-0.25, -0.2) is 9.18 Å². The van der Waals surface area contributed by atoms with Crippen molar-refractivity contribution in [3.8, 4) is 5.75 Å². The molecule has 5 nitrogen and oxygen atoms in total. The van der Waals surface area contributed by atoms with Gasteiger partial charge in [0.1, 0.15) is 11.6 Å². The predicted octanol–water partition coefficient (Wildman–Crippen LogP) is 2.27. The van der Waals surface area contributed by atoms with E-state index in [0.717, 1.165) is 24.0 Å². The van der Waals surface area contributed by atoms with Gasteiger partial charge < -0.3 is 15.2 Å². The Morgan fingerprint density at radius 1 is 1.32 bits per heavy atom. The van der Waals surface area contributed by atoms with Gasteiger partial charge in [-0.05, 0) is 50.5 Å². The summed E-state index contributed by atoms with van der Waals surface area (Å²) in [4.78, 5) is 23.2. The number of carbonyl (C=O) groups excluding carboxylic acids is 1.